The Bertz CT molecular complexity index is 651. The van der Waals surface area contributed by atoms with E-state index >= 15 is 0 Å². The molecule has 0 saturated heterocycles. The number of carbonyl (C=O) groups excluding carboxylic acids is 1. The zero-order valence-electron chi connectivity index (χ0n) is 11.8. The van der Waals surface area contributed by atoms with Gasteiger partial charge in [-0.1, -0.05) is 16.8 Å². The first-order valence-corrected chi connectivity index (χ1v) is 8.18. The van der Waals surface area contributed by atoms with Gasteiger partial charge in [0.15, 0.2) is 11.5 Å². The van der Waals surface area contributed by atoms with Crippen LogP contribution in [-0.4, -0.2) is 29.6 Å². The number of carbonyl (C=O) groups is 1. The summed E-state index contributed by atoms with van der Waals surface area (Å²) in [6.07, 6.45) is 1.96. The van der Waals surface area contributed by atoms with Gasteiger partial charge in [0.1, 0.15) is 18.2 Å². The van der Waals surface area contributed by atoms with Crippen LogP contribution >= 0.6 is 23.4 Å². The van der Waals surface area contributed by atoms with Crippen molar-refractivity contribution in [2.24, 2.45) is 0 Å². The van der Waals surface area contributed by atoms with Gasteiger partial charge in [0, 0.05) is 18.4 Å². The Balaban J connectivity index is 1.90. The minimum absolute atomic E-state index is 0.0381. The number of nitrogens with zero attached hydrogens (tertiary/aromatic N) is 1. The second kappa shape index (κ2) is 8.05. The Morgan fingerprint density at radius 3 is 3.05 bits per heavy atom. The topological polar surface area (TPSA) is 64.4 Å². The molecule has 1 aromatic carbocycles. The van der Waals surface area contributed by atoms with E-state index in [1.54, 1.807) is 11.8 Å². The van der Waals surface area contributed by atoms with Crippen molar-refractivity contribution in [2.45, 2.75) is 6.61 Å². The van der Waals surface area contributed by atoms with Gasteiger partial charge in [0.05, 0.1) is 5.02 Å². The highest BCUT2D eigenvalue weighted by Gasteiger charge is 2.13. The molecule has 8 heteroatoms. The first kappa shape index (κ1) is 16.6. The second-order valence-electron chi connectivity index (χ2n) is 4.29. The second-order valence-corrected chi connectivity index (χ2v) is 5.68. The average molecular weight is 345 g/mol. The molecule has 22 heavy (non-hydrogen) atoms. The van der Waals surface area contributed by atoms with Crippen molar-refractivity contribution in [1.82, 2.24) is 10.5 Å². The summed E-state index contributed by atoms with van der Waals surface area (Å²) in [7, 11) is 0. The summed E-state index contributed by atoms with van der Waals surface area (Å²) in [6, 6.07) is 5.31. The minimum Gasteiger partial charge on any atom is -0.484 e. The molecule has 0 unspecified atom stereocenters. The van der Waals surface area contributed by atoms with Crippen LogP contribution in [0.3, 0.4) is 0 Å². The average Bonchev–Trinajstić information content (AvgIpc) is 2.95. The number of halogens is 2. The molecule has 2 rings (SSSR count). The van der Waals surface area contributed by atoms with Crippen LogP contribution < -0.4 is 10.1 Å². The molecule has 1 aromatic heterocycles. The van der Waals surface area contributed by atoms with E-state index in [0.29, 0.717) is 18.1 Å². The monoisotopic (exact) mass is 344 g/mol. The minimum atomic E-state index is -0.443. The fourth-order valence-electron chi connectivity index (χ4n) is 1.59. The molecule has 118 valence electrons. The molecule has 0 saturated carbocycles. The van der Waals surface area contributed by atoms with Gasteiger partial charge in [-0.2, -0.15) is 11.8 Å². The van der Waals surface area contributed by atoms with Crippen molar-refractivity contribution in [3.63, 3.8) is 0 Å². The molecule has 0 aliphatic rings. The summed E-state index contributed by atoms with van der Waals surface area (Å²) < 4.78 is 23.3. The lowest BCUT2D eigenvalue weighted by atomic mass is 10.3. The highest BCUT2D eigenvalue weighted by Crippen LogP contribution is 2.25. The van der Waals surface area contributed by atoms with Gasteiger partial charge in [0.25, 0.3) is 5.91 Å². The molecule has 2 aromatic rings. The van der Waals surface area contributed by atoms with Crippen LogP contribution in [0.2, 0.25) is 5.02 Å². The summed E-state index contributed by atoms with van der Waals surface area (Å²) >= 11 is 7.48. The molecule has 0 fully saturated rings. The zero-order chi connectivity index (χ0) is 15.9. The molecule has 5 nitrogen and oxygen atoms in total. The van der Waals surface area contributed by atoms with Crippen LogP contribution in [-0.2, 0) is 6.61 Å². The van der Waals surface area contributed by atoms with Crippen LogP contribution in [0.5, 0.6) is 5.75 Å². The van der Waals surface area contributed by atoms with Crippen molar-refractivity contribution in [3.8, 4) is 5.75 Å². The Hall–Kier alpha value is -1.73. The summed E-state index contributed by atoms with van der Waals surface area (Å²) in [6.45, 7) is 0.598. The number of aromatic nitrogens is 1. The molecular weight excluding hydrogens is 331 g/mol. The van der Waals surface area contributed by atoms with E-state index in [-0.39, 0.29) is 23.2 Å². The van der Waals surface area contributed by atoms with E-state index < -0.39 is 5.82 Å². The number of amides is 1. The smallest absolute Gasteiger partial charge is 0.273 e. The molecule has 0 spiro atoms. The van der Waals surface area contributed by atoms with Crippen molar-refractivity contribution >= 4 is 29.3 Å². The molecule has 0 radical (unpaired) electrons. The lowest BCUT2D eigenvalue weighted by Crippen LogP contribution is -2.25. The molecule has 0 atom stereocenters. The maximum absolute atomic E-state index is 12.9. The molecular formula is C14H14ClFN2O3S. The van der Waals surface area contributed by atoms with Crippen molar-refractivity contribution in [2.75, 3.05) is 18.6 Å². The van der Waals surface area contributed by atoms with Crippen LogP contribution in [0.15, 0.2) is 28.8 Å². The van der Waals surface area contributed by atoms with Gasteiger partial charge < -0.3 is 14.6 Å². The third-order valence-electron chi connectivity index (χ3n) is 2.65. The summed E-state index contributed by atoms with van der Waals surface area (Å²) in [4.78, 5) is 11.8. The molecule has 0 aliphatic carbocycles. The van der Waals surface area contributed by atoms with Gasteiger partial charge >= 0.3 is 0 Å². The first-order chi connectivity index (χ1) is 10.6. The number of nitrogens with one attached hydrogen (secondary N) is 1. The van der Waals surface area contributed by atoms with E-state index in [4.69, 9.17) is 20.9 Å². The van der Waals surface area contributed by atoms with Crippen molar-refractivity contribution in [3.05, 3.63) is 46.6 Å². The predicted molar refractivity (Wildman–Crippen MR) is 83.0 cm³/mol. The number of benzene rings is 1. The Kier molecular flexibility index (Phi) is 6.09. The maximum atomic E-state index is 12.9. The molecule has 0 aliphatic heterocycles. The first-order valence-electron chi connectivity index (χ1n) is 6.40. The van der Waals surface area contributed by atoms with E-state index in [1.165, 1.54) is 18.2 Å². The third-order valence-corrected chi connectivity index (χ3v) is 3.55. The Labute approximate surface area is 136 Å². The number of hydrogen-bond acceptors (Lipinski definition) is 5. The fraction of sp³-hybridized carbons (Fsp3) is 0.286. The quantitative estimate of drug-likeness (QED) is 0.782. The number of rotatable bonds is 7. The van der Waals surface area contributed by atoms with Gasteiger partial charge in [-0.25, -0.2) is 4.39 Å². The summed E-state index contributed by atoms with van der Waals surface area (Å²) in [5.41, 5.74) is 0.185. The summed E-state index contributed by atoms with van der Waals surface area (Å²) in [5.74, 6) is 0.772. The lowest BCUT2D eigenvalue weighted by Gasteiger charge is -2.05. The van der Waals surface area contributed by atoms with Crippen LogP contribution in [0.1, 0.15) is 16.2 Å². The summed E-state index contributed by atoms with van der Waals surface area (Å²) in [5, 5.41) is 6.55. The van der Waals surface area contributed by atoms with Gasteiger partial charge in [-0.15, -0.1) is 0 Å². The van der Waals surface area contributed by atoms with Crippen LogP contribution in [0.25, 0.3) is 0 Å². The van der Waals surface area contributed by atoms with E-state index in [0.717, 1.165) is 11.8 Å². The standard InChI is InChI=1S/C14H14ClFN2O3S/c1-22-5-4-17-14(19)12-7-10(21-18-12)8-20-13-3-2-9(16)6-11(13)15/h2-3,6-7H,4-5,8H2,1H3,(H,17,19). The van der Waals surface area contributed by atoms with Gasteiger partial charge in [-0.05, 0) is 24.5 Å². The number of ether oxygens (including phenoxy) is 1. The van der Waals surface area contributed by atoms with E-state index in [9.17, 15) is 9.18 Å². The Morgan fingerprint density at radius 2 is 2.32 bits per heavy atom. The van der Waals surface area contributed by atoms with Crippen LogP contribution in [0.4, 0.5) is 4.39 Å². The predicted octanol–water partition coefficient (Wildman–Crippen LogP) is 3.14. The highest BCUT2D eigenvalue weighted by atomic mass is 35.5. The molecule has 1 N–H and O–H groups in total. The largest absolute Gasteiger partial charge is 0.484 e. The molecule has 1 heterocycles. The van der Waals surface area contributed by atoms with Crippen molar-refractivity contribution in [1.29, 1.82) is 0 Å². The lowest BCUT2D eigenvalue weighted by molar-refractivity contribution is 0.0947. The van der Waals surface area contributed by atoms with Crippen LogP contribution in [0, 0.1) is 5.82 Å². The maximum Gasteiger partial charge on any atom is 0.273 e. The molecule has 1 amide bonds. The number of thioether (sulfide) groups is 1. The van der Waals surface area contributed by atoms with E-state index in [1.807, 2.05) is 6.26 Å². The fourth-order valence-corrected chi connectivity index (χ4v) is 2.11. The van der Waals surface area contributed by atoms with Crippen molar-refractivity contribution < 1.29 is 18.4 Å². The molecule has 0 bridgehead atoms. The Morgan fingerprint density at radius 1 is 1.50 bits per heavy atom. The van der Waals surface area contributed by atoms with Gasteiger partial charge in [-0.3, -0.25) is 4.79 Å². The van der Waals surface area contributed by atoms with Gasteiger partial charge in [0.2, 0.25) is 0 Å². The normalized spacial score (nSPS) is 10.5. The third kappa shape index (κ3) is 4.64. The number of hydrogen-bond donors (Lipinski definition) is 1. The zero-order valence-corrected chi connectivity index (χ0v) is 13.3. The highest BCUT2D eigenvalue weighted by molar-refractivity contribution is 7.98. The SMILES string of the molecule is CSCCNC(=O)c1cc(COc2ccc(F)cc2Cl)on1. The van der Waals surface area contributed by atoms with E-state index in [2.05, 4.69) is 10.5 Å².